The van der Waals surface area contributed by atoms with Crippen LogP contribution in [0.4, 0.5) is 5.69 Å². The molecule has 1 amide bonds. The van der Waals surface area contributed by atoms with Crippen molar-refractivity contribution in [3.63, 3.8) is 0 Å². The van der Waals surface area contributed by atoms with Gasteiger partial charge in [-0.05, 0) is 31.2 Å². The smallest absolute Gasteiger partial charge is 0.311 e. The van der Waals surface area contributed by atoms with Crippen LogP contribution in [0.3, 0.4) is 0 Å². The van der Waals surface area contributed by atoms with Crippen LogP contribution in [0.25, 0.3) is 0 Å². The van der Waals surface area contributed by atoms with Crippen LogP contribution in [-0.2, 0) is 19.2 Å². The van der Waals surface area contributed by atoms with Crippen LogP contribution in [0.5, 0.6) is 5.75 Å². The molecule has 0 saturated heterocycles. The number of carbonyl (C=O) groups is 2. The lowest BCUT2D eigenvalue weighted by molar-refractivity contribution is -0.758. The Balaban J connectivity index is 2.53. The Bertz CT molecular complexity index is 681. The van der Waals surface area contributed by atoms with Crippen molar-refractivity contribution >= 4 is 17.6 Å². The maximum Gasteiger partial charge on any atom is 0.311 e. The summed E-state index contributed by atoms with van der Waals surface area (Å²) < 4.78 is 10.3. The minimum atomic E-state index is -1.10. The quantitative estimate of drug-likeness (QED) is 0.226. The van der Waals surface area contributed by atoms with Gasteiger partial charge >= 0.3 is 5.97 Å². The number of nitrogens with one attached hydrogen (secondary N) is 2. The van der Waals surface area contributed by atoms with Gasteiger partial charge < -0.3 is 30.1 Å². The standard InChI is InChI=1S/C19H29N3O8/c1-4-28-19(25)14(11-30-22(26)27)9-18(24)21-15-5-7-17(8-6-15)29-12-16(23)10-20-13(2)3/h5-8,13-14,16,20,23H,4,9-12H2,1-3H3,(H,21,24). The molecule has 2 atom stereocenters. The summed E-state index contributed by atoms with van der Waals surface area (Å²) in [6, 6.07) is 6.70. The topological polar surface area (TPSA) is 149 Å². The van der Waals surface area contributed by atoms with Gasteiger partial charge in [-0.3, -0.25) is 9.59 Å². The van der Waals surface area contributed by atoms with E-state index in [1.165, 1.54) is 0 Å². The van der Waals surface area contributed by atoms with E-state index in [1.807, 2.05) is 13.8 Å². The van der Waals surface area contributed by atoms with Crippen molar-refractivity contribution in [2.24, 2.45) is 5.92 Å². The van der Waals surface area contributed by atoms with Crippen molar-refractivity contribution in [2.75, 3.05) is 31.7 Å². The molecular formula is C19H29N3O8. The van der Waals surface area contributed by atoms with Crippen LogP contribution < -0.4 is 15.4 Å². The van der Waals surface area contributed by atoms with E-state index in [9.17, 15) is 24.8 Å². The van der Waals surface area contributed by atoms with Crippen LogP contribution >= 0.6 is 0 Å². The minimum absolute atomic E-state index is 0.0824. The fourth-order valence-corrected chi connectivity index (χ4v) is 2.31. The molecule has 0 aliphatic carbocycles. The summed E-state index contributed by atoms with van der Waals surface area (Å²) in [6.45, 7) is 5.58. The number of rotatable bonds is 14. The normalized spacial score (nSPS) is 12.7. The van der Waals surface area contributed by atoms with Gasteiger partial charge in [-0.15, -0.1) is 10.1 Å². The summed E-state index contributed by atoms with van der Waals surface area (Å²) in [6.07, 6.45) is -0.993. The second-order valence-corrected chi connectivity index (χ2v) is 6.77. The average Bonchev–Trinajstić information content (AvgIpc) is 2.69. The molecule has 1 aromatic rings. The molecule has 11 heteroatoms. The number of aliphatic hydroxyl groups excluding tert-OH is 1. The largest absolute Gasteiger partial charge is 0.491 e. The first-order valence-electron chi connectivity index (χ1n) is 9.59. The summed E-state index contributed by atoms with van der Waals surface area (Å²) in [5, 5.41) is 24.9. The monoisotopic (exact) mass is 427 g/mol. The molecular weight excluding hydrogens is 398 g/mol. The van der Waals surface area contributed by atoms with Crippen molar-refractivity contribution in [1.29, 1.82) is 0 Å². The van der Waals surface area contributed by atoms with Crippen molar-refractivity contribution < 1.29 is 34.1 Å². The molecule has 3 N–H and O–H groups in total. The Hall–Kier alpha value is -2.92. The molecule has 0 aromatic heterocycles. The highest BCUT2D eigenvalue weighted by atomic mass is 16.9. The van der Waals surface area contributed by atoms with Crippen LogP contribution in [-0.4, -0.2) is 60.6 Å². The lowest BCUT2D eigenvalue weighted by Crippen LogP contribution is -2.35. The van der Waals surface area contributed by atoms with E-state index in [1.54, 1.807) is 31.2 Å². The van der Waals surface area contributed by atoms with Crippen LogP contribution in [0.2, 0.25) is 0 Å². The number of hydrogen-bond acceptors (Lipinski definition) is 9. The van der Waals surface area contributed by atoms with Crippen molar-refractivity contribution in [3.05, 3.63) is 34.4 Å². The molecule has 11 nitrogen and oxygen atoms in total. The number of aliphatic hydroxyl groups is 1. The third-order valence-electron chi connectivity index (χ3n) is 3.78. The Kier molecular flexibility index (Phi) is 11.2. The molecule has 0 aliphatic heterocycles. The Morgan fingerprint density at radius 1 is 1.20 bits per heavy atom. The van der Waals surface area contributed by atoms with Crippen molar-refractivity contribution in [3.8, 4) is 5.75 Å². The SMILES string of the molecule is CCOC(=O)C(CO[N+](=O)[O-])CC(=O)Nc1ccc(OCC(O)CNC(C)C)cc1. The van der Waals surface area contributed by atoms with E-state index in [4.69, 9.17) is 9.47 Å². The molecule has 168 valence electrons. The zero-order valence-electron chi connectivity index (χ0n) is 17.3. The molecule has 0 heterocycles. The van der Waals surface area contributed by atoms with Gasteiger partial charge in [0, 0.05) is 24.7 Å². The van der Waals surface area contributed by atoms with Crippen molar-refractivity contribution in [1.82, 2.24) is 5.32 Å². The first-order chi connectivity index (χ1) is 14.2. The zero-order valence-corrected chi connectivity index (χ0v) is 17.3. The lowest BCUT2D eigenvalue weighted by atomic mass is 10.1. The molecule has 1 rings (SSSR count). The Morgan fingerprint density at radius 2 is 1.87 bits per heavy atom. The van der Waals surface area contributed by atoms with E-state index in [-0.39, 0.29) is 25.7 Å². The molecule has 2 unspecified atom stereocenters. The minimum Gasteiger partial charge on any atom is -0.491 e. The Morgan fingerprint density at radius 3 is 2.43 bits per heavy atom. The number of anilines is 1. The van der Waals surface area contributed by atoms with E-state index < -0.39 is 35.6 Å². The fourth-order valence-electron chi connectivity index (χ4n) is 2.31. The number of hydrogen-bond donors (Lipinski definition) is 3. The van der Waals surface area contributed by atoms with Crippen molar-refractivity contribution in [2.45, 2.75) is 39.3 Å². The van der Waals surface area contributed by atoms with Crippen LogP contribution in [0.1, 0.15) is 27.2 Å². The van der Waals surface area contributed by atoms with Gasteiger partial charge in [0.1, 0.15) is 25.1 Å². The molecule has 1 aromatic carbocycles. The number of nitrogens with zero attached hydrogens (tertiary/aromatic N) is 1. The molecule has 0 fully saturated rings. The first kappa shape index (κ1) is 25.1. The summed E-state index contributed by atoms with van der Waals surface area (Å²) in [5.74, 6) is -1.85. The third-order valence-corrected chi connectivity index (χ3v) is 3.78. The Labute approximate surface area is 174 Å². The van der Waals surface area contributed by atoms with E-state index in [2.05, 4.69) is 15.5 Å². The summed E-state index contributed by atoms with van der Waals surface area (Å²) in [4.78, 5) is 38.6. The lowest BCUT2D eigenvalue weighted by Gasteiger charge is -2.16. The number of benzene rings is 1. The third kappa shape index (κ3) is 10.6. The van der Waals surface area contributed by atoms with Gasteiger partial charge in [0.15, 0.2) is 0 Å². The van der Waals surface area contributed by atoms with Gasteiger partial charge in [-0.1, -0.05) is 13.8 Å². The number of esters is 1. The highest BCUT2D eigenvalue weighted by Gasteiger charge is 2.25. The predicted octanol–water partition coefficient (Wildman–Crippen LogP) is 1.14. The van der Waals surface area contributed by atoms with Crippen LogP contribution in [0, 0.1) is 16.0 Å². The predicted molar refractivity (Wildman–Crippen MR) is 107 cm³/mol. The fraction of sp³-hybridized carbons (Fsp3) is 0.579. The zero-order chi connectivity index (χ0) is 22.5. The summed E-state index contributed by atoms with van der Waals surface area (Å²) in [5.41, 5.74) is 0.451. The highest BCUT2D eigenvalue weighted by Crippen LogP contribution is 2.17. The molecule has 0 radical (unpaired) electrons. The number of ether oxygens (including phenoxy) is 2. The van der Waals surface area contributed by atoms with Gasteiger partial charge in [-0.2, -0.15) is 0 Å². The van der Waals surface area contributed by atoms with Crippen LogP contribution in [0.15, 0.2) is 24.3 Å². The number of carbonyl (C=O) groups excluding carboxylic acids is 2. The second kappa shape index (κ2) is 13.3. The molecule has 0 spiro atoms. The highest BCUT2D eigenvalue weighted by molar-refractivity contribution is 5.93. The molecule has 0 aliphatic rings. The summed E-state index contributed by atoms with van der Waals surface area (Å²) >= 11 is 0. The molecule has 0 bridgehead atoms. The van der Waals surface area contributed by atoms with Gasteiger partial charge in [-0.25, -0.2) is 0 Å². The average molecular weight is 427 g/mol. The van der Waals surface area contributed by atoms with Gasteiger partial charge in [0.25, 0.3) is 5.09 Å². The van der Waals surface area contributed by atoms with E-state index in [0.717, 1.165) is 0 Å². The van der Waals surface area contributed by atoms with E-state index in [0.29, 0.717) is 18.0 Å². The van der Waals surface area contributed by atoms with E-state index >= 15 is 0 Å². The van der Waals surface area contributed by atoms with Gasteiger partial charge in [0.2, 0.25) is 5.91 Å². The molecule has 0 saturated carbocycles. The maximum absolute atomic E-state index is 12.2. The summed E-state index contributed by atoms with van der Waals surface area (Å²) in [7, 11) is 0. The number of amides is 1. The molecule has 30 heavy (non-hydrogen) atoms. The van der Waals surface area contributed by atoms with Gasteiger partial charge in [0.05, 0.1) is 12.5 Å². The first-order valence-corrected chi connectivity index (χ1v) is 9.59. The maximum atomic E-state index is 12.2. The second-order valence-electron chi connectivity index (χ2n) is 6.77.